The second-order valence-corrected chi connectivity index (χ2v) is 15.8. The second kappa shape index (κ2) is 13.7. The third-order valence-electron chi connectivity index (χ3n) is 12.2. The van der Waals surface area contributed by atoms with Crippen molar-refractivity contribution in [1.82, 2.24) is 14.1 Å². The Bertz CT molecular complexity index is 3330. The van der Waals surface area contributed by atoms with Crippen LogP contribution in [0.4, 0.5) is 0 Å². The number of aromatic nitrogens is 4. The summed E-state index contributed by atoms with van der Waals surface area (Å²) in [5.41, 5.74) is 12.2. The number of hydrogen-bond acceptors (Lipinski definition) is 3. The number of para-hydroxylation sites is 2. The van der Waals surface area contributed by atoms with Crippen molar-refractivity contribution in [2.45, 2.75) is 25.2 Å². The zero-order chi connectivity index (χ0) is 39.4. The third-order valence-corrected chi connectivity index (χ3v) is 12.2. The van der Waals surface area contributed by atoms with Crippen molar-refractivity contribution in [3.8, 4) is 45.6 Å². The first-order valence-corrected chi connectivity index (χ1v) is 20.1. The van der Waals surface area contributed by atoms with Crippen LogP contribution in [0.3, 0.4) is 0 Å². The fourth-order valence-electron chi connectivity index (χ4n) is 9.73. The smallest absolute Gasteiger partial charge is 0.242 e. The van der Waals surface area contributed by atoms with Crippen LogP contribution in [0, 0.1) is 18.5 Å². The molecule has 0 amide bonds. The van der Waals surface area contributed by atoms with Gasteiger partial charge in [-0.05, 0) is 70.0 Å². The quantitative estimate of drug-likeness (QED) is 0.128. The Labute approximate surface area is 362 Å². The van der Waals surface area contributed by atoms with Gasteiger partial charge in [-0.3, -0.25) is 0 Å². The zero-order valence-corrected chi connectivity index (χ0v) is 35.3. The predicted octanol–water partition coefficient (Wildman–Crippen LogP) is 11.7. The van der Waals surface area contributed by atoms with Gasteiger partial charge in [0.2, 0.25) is 6.33 Å². The number of benzene rings is 7. The Hall–Kier alpha value is -6.75. The van der Waals surface area contributed by atoms with E-state index in [2.05, 4.69) is 180 Å². The molecule has 5 heterocycles. The summed E-state index contributed by atoms with van der Waals surface area (Å²) in [5, 5.41) is 2.21. The molecule has 0 radical (unpaired) electrons. The van der Waals surface area contributed by atoms with E-state index >= 15 is 0 Å². The molecular formula is C53H36N4O2Pt-2. The van der Waals surface area contributed by atoms with Crippen LogP contribution in [0.5, 0.6) is 23.0 Å². The van der Waals surface area contributed by atoms with Crippen LogP contribution < -0.4 is 14.0 Å². The molecule has 0 aliphatic carbocycles. The average Bonchev–Trinajstić information content (AvgIpc) is 3.80. The summed E-state index contributed by atoms with van der Waals surface area (Å²) in [7, 11) is 2.06. The summed E-state index contributed by atoms with van der Waals surface area (Å²) in [6, 6.07) is 60.5. The average molecular weight is 956 g/mol. The summed E-state index contributed by atoms with van der Waals surface area (Å²) in [5.74, 6) is 3.91. The zero-order valence-electron chi connectivity index (χ0n) is 33.0. The summed E-state index contributed by atoms with van der Waals surface area (Å²) in [4.78, 5) is 4.71. The Balaban J connectivity index is 0.00000408. The van der Waals surface area contributed by atoms with Crippen molar-refractivity contribution >= 4 is 32.8 Å². The van der Waals surface area contributed by atoms with Crippen LogP contribution >= 0.6 is 0 Å². The van der Waals surface area contributed by atoms with Gasteiger partial charge in [-0.15, -0.1) is 35.2 Å². The number of rotatable bonds is 5. The number of aryl methyl sites for hydroxylation is 1. The SMILES string of the molecule is CC(C)c1cccc2c1C1(c3ccc(Oc4[c-]c5c(cc4)c4ccccc4n5-c4ccccn4)[c-]c3-n3[c-][n+](C)c4cccc1c43)c1cc(-c3ccccc3)ccc1O2.[Pt]. The molecule has 0 N–H and O–H groups in total. The van der Waals surface area contributed by atoms with E-state index in [9.17, 15) is 0 Å². The molecule has 3 aromatic heterocycles. The van der Waals surface area contributed by atoms with E-state index in [0.717, 1.165) is 83.7 Å². The number of nitrogens with zero attached hydrogens (tertiary/aromatic N) is 4. The fourth-order valence-corrected chi connectivity index (χ4v) is 9.73. The number of imidazole rings is 1. The van der Waals surface area contributed by atoms with Gasteiger partial charge in [0.15, 0.2) is 0 Å². The monoisotopic (exact) mass is 955 g/mol. The van der Waals surface area contributed by atoms with E-state index in [-0.39, 0.29) is 27.0 Å². The van der Waals surface area contributed by atoms with E-state index in [1.807, 2.05) is 30.5 Å². The van der Waals surface area contributed by atoms with Crippen molar-refractivity contribution in [2.75, 3.05) is 0 Å². The van der Waals surface area contributed by atoms with Gasteiger partial charge in [0.25, 0.3) is 0 Å². The van der Waals surface area contributed by atoms with E-state index in [1.165, 1.54) is 11.1 Å². The Morgan fingerprint density at radius 1 is 0.683 bits per heavy atom. The van der Waals surface area contributed by atoms with Gasteiger partial charge in [0.05, 0.1) is 18.1 Å². The van der Waals surface area contributed by atoms with Gasteiger partial charge in [0.1, 0.15) is 17.3 Å². The molecular weight excluding hydrogens is 920 g/mol. The maximum absolute atomic E-state index is 6.93. The standard InChI is InChI=1S/C53H36N4O2.Pt/c1-33(2)38-16-11-20-49-51(38)53(43-29-35(22-27-48(43)59-49)34-13-5-4-6-14-34)41-26-24-37(31-47(41)56-32-55(3)45-19-12-17-42(53)52(45)56)58-36-23-25-40-39-15-7-8-18-44(39)57(46(40)30-36)50-21-9-10-28-54-50;/h4-29,33H,1-3H3;/q-2;. The van der Waals surface area contributed by atoms with Crippen LogP contribution in [0.1, 0.15) is 47.6 Å². The summed E-state index contributed by atoms with van der Waals surface area (Å²) >= 11 is 0. The van der Waals surface area contributed by atoms with Crippen molar-refractivity contribution in [1.29, 1.82) is 0 Å². The number of fused-ring (bicyclic) bond motifs is 11. The van der Waals surface area contributed by atoms with Crippen molar-refractivity contribution in [3.63, 3.8) is 0 Å². The molecule has 0 saturated carbocycles. The van der Waals surface area contributed by atoms with Crippen LogP contribution in [-0.4, -0.2) is 14.1 Å². The molecule has 12 rings (SSSR count). The molecule has 10 aromatic rings. The predicted molar refractivity (Wildman–Crippen MR) is 231 cm³/mol. The first-order chi connectivity index (χ1) is 29.0. The molecule has 1 atom stereocenters. The minimum absolute atomic E-state index is 0. The van der Waals surface area contributed by atoms with E-state index in [0.29, 0.717) is 11.5 Å². The van der Waals surface area contributed by atoms with Crippen LogP contribution in [0.2, 0.25) is 0 Å². The molecule has 2 aliphatic heterocycles. The van der Waals surface area contributed by atoms with Gasteiger partial charge in [-0.1, -0.05) is 116 Å². The fraction of sp³-hybridized carbons (Fsp3) is 0.0943. The minimum Gasteiger partial charge on any atom is -0.510 e. The molecule has 6 nitrogen and oxygen atoms in total. The topological polar surface area (TPSA) is 45.1 Å². The molecule has 1 spiro atoms. The molecule has 0 fully saturated rings. The second-order valence-electron chi connectivity index (χ2n) is 15.8. The number of hydrogen-bond donors (Lipinski definition) is 0. The number of ether oxygens (including phenoxy) is 2. The molecule has 7 aromatic carbocycles. The van der Waals surface area contributed by atoms with Crippen LogP contribution in [0.15, 0.2) is 158 Å². The van der Waals surface area contributed by atoms with Gasteiger partial charge >= 0.3 is 0 Å². The first-order valence-electron chi connectivity index (χ1n) is 20.1. The molecule has 7 heteroatoms. The minimum atomic E-state index is -0.762. The van der Waals surface area contributed by atoms with Crippen LogP contribution in [0.25, 0.3) is 55.5 Å². The van der Waals surface area contributed by atoms with Crippen molar-refractivity contribution in [3.05, 3.63) is 204 Å². The summed E-state index contributed by atoms with van der Waals surface area (Å²) in [6.45, 7) is 4.54. The molecule has 0 bridgehead atoms. The summed E-state index contributed by atoms with van der Waals surface area (Å²) in [6.07, 6.45) is 5.47. The Morgan fingerprint density at radius 3 is 2.33 bits per heavy atom. The first kappa shape index (κ1) is 36.3. The van der Waals surface area contributed by atoms with Crippen molar-refractivity contribution in [2.24, 2.45) is 7.05 Å². The maximum atomic E-state index is 6.93. The molecule has 1 unspecified atom stereocenters. The maximum Gasteiger partial charge on any atom is 0.242 e. The normalized spacial score (nSPS) is 14.8. The van der Waals surface area contributed by atoms with E-state index in [1.54, 1.807) is 0 Å². The van der Waals surface area contributed by atoms with Gasteiger partial charge < -0.3 is 23.2 Å². The Morgan fingerprint density at radius 2 is 1.48 bits per heavy atom. The molecule has 292 valence electrons. The summed E-state index contributed by atoms with van der Waals surface area (Å²) < 4.78 is 20.1. The molecule has 0 saturated heterocycles. The molecule has 60 heavy (non-hydrogen) atoms. The largest absolute Gasteiger partial charge is 0.510 e. The van der Waals surface area contributed by atoms with Gasteiger partial charge in [-0.25, -0.2) is 4.98 Å². The van der Waals surface area contributed by atoms with Gasteiger partial charge in [0, 0.05) is 60.8 Å². The third kappa shape index (κ3) is 5.10. The van der Waals surface area contributed by atoms with E-state index in [4.69, 9.17) is 14.5 Å². The Kier molecular flexibility index (Phi) is 8.27. The van der Waals surface area contributed by atoms with Gasteiger partial charge in [-0.2, -0.15) is 12.1 Å². The number of pyridine rings is 1. The van der Waals surface area contributed by atoms with E-state index < -0.39 is 5.41 Å². The van der Waals surface area contributed by atoms with Crippen LogP contribution in [-0.2, 0) is 33.5 Å². The van der Waals surface area contributed by atoms with Crippen molar-refractivity contribution < 1.29 is 35.1 Å². The molecule has 2 aliphatic rings.